The highest BCUT2D eigenvalue weighted by Crippen LogP contribution is 2.10. The second kappa shape index (κ2) is 4.71. The van der Waals surface area contributed by atoms with Gasteiger partial charge in [-0.2, -0.15) is 4.68 Å². The molecular formula is C10H13N5O. The minimum absolute atomic E-state index is 0.410. The van der Waals surface area contributed by atoms with Crippen LogP contribution < -0.4 is 5.32 Å². The molecule has 1 aromatic carbocycles. The number of rotatable bonds is 4. The van der Waals surface area contributed by atoms with Crippen LogP contribution in [0.2, 0.25) is 0 Å². The molecule has 2 N–H and O–H groups in total. The molecular weight excluding hydrogens is 206 g/mol. The molecule has 0 bridgehead atoms. The first kappa shape index (κ1) is 10.6. The third-order valence-corrected chi connectivity index (χ3v) is 2.03. The molecule has 0 unspecified atom stereocenters. The minimum atomic E-state index is -0.444. The Kier molecular flexibility index (Phi) is 3.11. The normalized spacial score (nSPS) is 12.4. The third-order valence-electron chi connectivity index (χ3n) is 2.03. The number of hydrogen-bond acceptors (Lipinski definition) is 5. The molecule has 0 amide bonds. The summed E-state index contributed by atoms with van der Waals surface area (Å²) in [4.78, 5) is 0. The number of aliphatic hydroxyl groups is 1. The van der Waals surface area contributed by atoms with Crippen LogP contribution in [0.3, 0.4) is 0 Å². The Labute approximate surface area is 92.9 Å². The molecule has 0 aliphatic heterocycles. The molecule has 0 saturated heterocycles. The highest BCUT2D eigenvalue weighted by atomic mass is 16.3. The van der Waals surface area contributed by atoms with Crippen LogP contribution in [0, 0.1) is 0 Å². The van der Waals surface area contributed by atoms with E-state index in [1.165, 1.54) is 0 Å². The van der Waals surface area contributed by atoms with E-state index in [0.29, 0.717) is 12.5 Å². The van der Waals surface area contributed by atoms with Crippen LogP contribution in [0.5, 0.6) is 0 Å². The first-order chi connectivity index (χ1) is 7.77. The van der Waals surface area contributed by atoms with Crippen LogP contribution in [0.25, 0.3) is 5.69 Å². The van der Waals surface area contributed by atoms with Crippen molar-refractivity contribution in [1.82, 2.24) is 20.2 Å². The predicted octanol–water partition coefficient (Wildman–Crippen LogP) is 0.455. The van der Waals surface area contributed by atoms with E-state index >= 15 is 0 Å². The molecule has 84 valence electrons. The van der Waals surface area contributed by atoms with Crippen molar-refractivity contribution < 1.29 is 5.11 Å². The third kappa shape index (κ3) is 2.34. The van der Waals surface area contributed by atoms with Crippen molar-refractivity contribution in [1.29, 1.82) is 0 Å². The lowest BCUT2D eigenvalue weighted by Crippen LogP contribution is -2.18. The van der Waals surface area contributed by atoms with Crippen molar-refractivity contribution in [2.24, 2.45) is 0 Å². The number of tetrazole rings is 1. The first-order valence-electron chi connectivity index (χ1n) is 5.03. The average molecular weight is 219 g/mol. The number of aliphatic hydroxyl groups excluding tert-OH is 1. The zero-order chi connectivity index (χ0) is 11.4. The van der Waals surface area contributed by atoms with E-state index in [1.807, 2.05) is 30.3 Å². The Morgan fingerprint density at radius 1 is 1.38 bits per heavy atom. The van der Waals surface area contributed by atoms with E-state index in [-0.39, 0.29) is 0 Å². The Morgan fingerprint density at radius 2 is 2.12 bits per heavy atom. The highest BCUT2D eigenvalue weighted by molar-refractivity contribution is 5.38. The fourth-order valence-electron chi connectivity index (χ4n) is 1.28. The van der Waals surface area contributed by atoms with Crippen molar-refractivity contribution >= 4 is 5.95 Å². The SMILES string of the molecule is C[C@H](O)CNc1nnnn1-c1ccccc1. The summed E-state index contributed by atoms with van der Waals surface area (Å²) in [6.45, 7) is 2.11. The standard InChI is InChI=1S/C10H13N5O/c1-8(16)7-11-10-12-13-14-15(10)9-5-3-2-4-6-9/h2-6,8,16H,7H2,1H3,(H,11,12,14)/t8-/m0/s1. The zero-order valence-electron chi connectivity index (χ0n) is 8.91. The van der Waals surface area contributed by atoms with Gasteiger partial charge in [-0.15, -0.1) is 0 Å². The van der Waals surface area contributed by atoms with E-state index in [2.05, 4.69) is 20.8 Å². The minimum Gasteiger partial charge on any atom is -0.392 e. The van der Waals surface area contributed by atoms with Crippen LogP contribution in [0.4, 0.5) is 5.95 Å². The van der Waals surface area contributed by atoms with Gasteiger partial charge in [0.1, 0.15) is 0 Å². The summed E-state index contributed by atoms with van der Waals surface area (Å²) in [5.74, 6) is 0.520. The first-order valence-corrected chi connectivity index (χ1v) is 5.03. The largest absolute Gasteiger partial charge is 0.392 e. The number of para-hydroxylation sites is 1. The van der Waals surface area contributed by atoms with E-state index < -0.39 is 6.10 Å². The molecule has 0 spiro atoms. The van der Waals surface area contributed by atoms with Crippen molar-refractivity contribution in [3.8, 4) is 5.69 Å². The maximum Gasteiger partial charge on any atom is 0.247 e. The zero-order valence-corrected chi connectivity index (χ0v) is 8.91. The van der Waals surface area contributed by atoms with Gasteiger partial charge < -0.3 is 10.4 Å². The molecule has 0 fully saturated rings. The Balaban J connectivity index is 2.19. The summed E-state index contributed by atoms with van der Waals surface area (Å²) in [6, 6.07) is 9.56. The van der Waals surface area contributed by atoms with Crippen molar-refractivity contribution in [3.05, 3.63) is 30.3 Å². The van der Waals surface area contributed by atoms with Crippen LogP contribution in [-0.2, 0) is 0 Å². The van der Waals surface area contributed by atoms with Crippen LogP contribution in [0.1, 0.15) is 6.92 Å². The van der Waals surface area contributed by atoms with Crippen LogP contribution in [0.15, 0.2) is 30.3 Å². The summed E-state index contributed by atoms with van der Waals surface area (Å²) in [6.07, 6.45) is -0.444. The van der Waals surface area contributed by atoms with Gasteiger partial charge in [0.15, 0.2) is 0 Å². The molecule has 0 aliphatic rings. The number of nitrogens with one attached hydrogen (secondary N) is 1. The van der Waals surface area contributed by atoms with Gasteiger partial charge in [-0.3, -0.25) is 0 Å². The molecule has 2 aromatic rings. The van der Waals surface area contributed by atoms with Gasteiger partial charge in [0, 0.05) is 6.54 Å². The topological polar surface area (TPSA) is 75.9 Å². The molecule has 2 rings (SSSR count). The van der Waals surface area contributed by atoms with Crippen molar-refractivity contribution in [2.75, 3.05) is 11.9 Å². The lowest BCUT2D eigenvalue weighted by atomic mass is 10.3. The van der Waals surface area contributed by atoms with Gasteiger partial charge in [0.2, 0.25) is 5.95 Å². The van der Waals surface area contributed by atoms with Gasteiger partial charge in [-0.1, -0.05) is 23.3 Å². The Bertz CT molecular complexity index is 439. The second-order valence-electron chi connectivity index (χ2n) is 3.48. The van der Waals surface area contributed by atoms with E-state index in [0.717, 1.165) is 5.69 Å². The maximum atomic E-state index is 9.17. The molecule has 16 heavy (non-hydrogen) atoms. The van der Waals surface area contributed by atoms with Gasteiger partial charge in [0.05, 0.1) is 11.8 Å². The second-order valence-corrected chi connectivity index (χ2v) is 3.48. The van der Waals surface area contributed by atoms with E-state index in [4.69, 9.17) is 0 Å². The molecule has 1 aromatic heterocycles. The van der Waals surface area contributed by atoms with E-state index in [9.17, 15) is 5.11 Å². The van der Waals surface area contributed by atoms with Gasteiger partial charge in [-0.05, 0) is 29.5 Å². The summed E-state index contributed by atoms with van der Waals surface area (Å²) < 4.78 is 1.59. The number of nitrogens with zero attached hydrogens (tertiary/aromatic N) is 4. The van der Waals surface area contributed by atoms with Crippen molar-refractivity contribution in [2.45, 2.75) is 13.0 Å². The van der Waals surface area contributed by atoms with Gasteiger partial charge in [-0.25, -0.2) is 0 Å². The summed E-state index contributed by atoms with van der Waals surface area (Å²) in [7, 11) is 0. The summed E-state index contributed by atoms with van der Waals surface area (Å²) in [5.41, 5.74) is 0.876. The Morgan fingerprint density at radius 3 is 2.81 bits per heavy atom. The monoisotopic (exact) mass is 219 g/mol. The lowest BCUT2D eigenvalue weighted by molar-refractivity contribution is 0.208. The van der Waals surface area contributed by atoms with Gasteiger partial charge in [0.25, 0.3) is 0 Å². The number of hydrogen-bond donors (Lipinski definition) is 2. The van der Waals surface area contributed by atoms with Crippen LogP contribution in [-0.4, -0.2) is 38.0 Å². The average Bonchev–Trinajstić information content (AvgIpc) is 2.75. The fourth-order valence-corrected chi connectivity index (χ4v) is 1.28. The smallest absolute Gasteiger partial charge is 0.247 e. The van der Waals surface area contributed by atoms with E-state index in [1.54, 1.807) is 11.6 Å². The molecule has 0 radical (unpaired) electrons. The quantitative estimate of drug-likeness (QED) is 0.781. The molecule has 0 saturated carbocycles. The molecule has 1 heterocycles. The maximum absolute atomic E-state index is 9.17. The summed E-state index contributed by atoms with van der Waals surface area (Å²) >= 11 is 0. The van der Waals surface area contributed by atoms with Gasteiger partial charge >= 0.3 is 0 Å². The molecule has 1 atom stereocenters. The van der Waals surface area contributed by atoms with Crippen molar-refractivity contribution in [3.63, 3.8) is 0 Å². The number of anilines is 1. The fraction of sp³-hybridized carbons (Fsp3) is 0.300. The van der Waals surface area contributed by atoms with Crippen LogP contribution >= 0.6 is 0 Å². The molecule has 6 nitrogen and oxygen atoms in total. The molecule has 6 heteroatoms. The molecule has 0 aliphatic carbocycles. The predicted molar refractivity (Wildman–Crippen MR) is 59.3 cm³/mol. The Hall–Kier alpha value is -1.95. The lowest BCUT2D eigenvalue weighted by Gasteiger charge is -2.07. The summed E-state index contributed by atoms with van der Waals surface area (Å²) in [5, 5.41) is 23.5. The number of benzene rings is 1. The highest BCUT2D eigenvalue weighted by Gasteiger charge is 2.07. The number of aromatic nitrogens is 4.